The zero-order valence-corrected chi connectivity index (χ0v) is 13.2. The second-order valence-electron chi connectivity index (χ2n) is 4.24. The fraction of sp³-hybridized carbons (Fsp3) is 0.167. The Bertz CT molecular complexity index is 759. The van der Waals surface area contributed by atoms with Crippen LogP contribution in [0.25, 0.3) is 0 Å². The highest BCUT2D eigenvalue weighted by atomic mass is 35.5. The molecule has 0 bridgehead atoms. The van der Waals surface area contributed by atoms with Crippen LogP contribution in [0.4, 0.5) is 5.69 Å². The molecule has 0 aliphatic rings. The quantitative estimate of drug-likeness (QED) is 0.664. The van der Waals surface area contributed by atoms with Gasteiger partial charge < -0.3 is 0 Å². The molecule has 0 amide bonds. The van der Waals surface area contributed by atoms with Gasteiger partial charge in [0.05, 0.1) is 4.92 Å². The van der Waals surface area contributed by atoms with Crippen molar-refractivity contribution in [3.05, 3.63) is 56.4 Å². The third-order valence-electron chi connectivity index (χ3n) is 2.74. The summed E-state index contributed by atoms with van der Waals surface area (Å²) in [5, 5.41) is 10.7. The van der Waals surface area contributed by atoms with E-state index in [9.17, 15) is 18.5 Å². The van der Waals surface area contributed by atoms with Crippen LogP contribution in [0.15, 0.2) is 40.6 Å². The maximum Gasteiger partial charge on any atom is 0.300 e. The summed E-state index contributed by atoms with van der Waals surface area (Å²) in [4.78, 5) is 10.0. The summed E-state index contributed by atoms with van der Waals surface area (Å²) in [6.45, 7) is 1.69. The van der Waals surface area contributed by atoms with Gasteiger partial charge in [0.2, 0.25) is 0 Å². The number of rotatable bonds is 5. The Morgan fingerprint density at radius 3 is 2.48 bits per heavy atom. The molecule has 112 valence electrons. The second-order valence-corrected chi connectivity index (χ2v) is 7.83. The van der Waals surface area contributed by atoms with Gasteiger partial charge in [-0.05, 0) is 12.5 Å². The Morgan fingerprint density at radius 2 is 1.95 bits per heavy atom. The van der Waals surface area contributed by atoms with E-state index < -0.39 is 26.7 Å². The number of nitrogens with one attached hydrogen (secondary N) is 1. The molecule has 0 saturated heterocycles. The zero-order chi connectivity index (χ0) is 15.6. The molecule has 0 unspecified atom stereocenters. The van der Waals surface area contributed by atoms with Crippen molar-refractivity contribution in [1.82, 2.24) is 4.72 Å². The lowest BCUT2D eigenvalue weighted by Gasteiger charge is -2.13. The summed E-state index contributed by atoms with van der Waals surface area (Å²) < 4.78 is 26.6. The van der Waals surface area contributed by atoms with Crippen molar-refractivity contribution in [2.75, 3.05) is 0 Å². The van der Waals surface area contributed by atoms with E-state index in [0.717, 1.165) is 11.6 Å². The van der Waals surface area contributed by atoms with E-state index in [1.807, 2.05) is 6.07 Å². The van der Waals surface area contributed by atoms with Crippen LogP contribution in [-0.4, -0.2) is 13.3 Å². The molecule has 1 aromatic carbocycles. The zero-order valence-electron chi connectivity index (χ0n) is 10.8. The number of hydrogen-bond acceptors (Lipinski definition) is 5. The van der Waals surface area contributed by atoms with Gasteiger partial charge in [0.1, 0.15) is 4.21 Å². The number of thiophene rings is 1. The molecule has 2 aromatic rings. The summed E-state index contributed by atoms with van der Waals surface area (Å²) in [6.07, 6.45) is 0. The van der Waals surface area contributed by atoms with Gasteiger partial charge in [-0.1, -0.05) is 41.9 Å². The molecule has 0 spiro atoms. The van der Waals surface area contributed by atoms with Crippen LogP contribution >= 0.6 is 22.9 Å². The third kappa shape index (κ3) is 3.59. The highest BCUT2D eigenvalue weighted by molar-refractivity contribution is 7.91. The van der Waals surface area contributed by atoms with E-state index in [4.69, 9.17) is 11.6 Å². The molecule has 0 saturated carbocycles. The highest BCUT2D eigenvalue weighted by Gasteiger charge is 2.26. The van der Waals surface area contributed by atoms with Gasteiger partial charge in [-0.2, -0.15) is 0 Å². The first-order valence-corrected chi connectivity index (χ1v) is 8.50. The Balaban J connectivity index is 2.27. The van der Waals surface area contributed by atoms with Crippen molar-refractivity contribution in [3.63, 3.8) is 0 Å². The number of sulfonamides is 1. The van der Waals surface area contributed by atoms with E-state index in [2.05, 4.69) is 4.72 Å². The van der Waals surface area contributed by atoms with E-state index in [-0.39, 0.29) is 8.55 Å². The van der Waals surface area contributed by atoms with Gasteiger partial charge in [-0.3, -0.25) is 10.1 Å². The molecular formula is C12H11ClN2O4S2. The van der Waals surface area contributed by atoms with Gasteiger partial charge in [-0.15, -0.1) is 11.3 Å². The fourth-order valence-electron chi connectivity index (χ4n) is 1.70. The van der Waals surface area contributed by atoms with Crippen LogP contribution in [0.1, 0.15) is 18.5 Å². The molecule has 0 fully saturated rings. The number of benzene rings is 1. The molecule has 6 nitrogen and oxygen atoms in total. The van der Waals surface area contributed by atoms with Gasteiger partial charge in [-0.25, -0.2) is 13.1 Å². The van der Waals surface area contributed by atoms with Gasteiger partial charge in [0, 0.05) is 12.1 Å². The lowest BCUT2D eigenvalue weighted by molar-refractivity contribution is -0.384. The average molecular weight is 347 g/mol. The summed E-state index contributed by atoms with van der Waals surface area (Å²) in [7, 11) is -3.86. The van der Waals surface area contributed by atoms with Crippen LogP contribution in [0.3, 0.4) is 0 Å². The van der Waals surface area contributed by atoms with E-state index in [0.29, 0.717) is 11.3 Å². The molecule has 0 aliphatic carbocycles. The molecule has 0 aliphatic heterocycles. The van der Waals surface area contributed by atoms with E-state index in [1.54, 1.807) is 31.2 Å². The first-order chi connectivity index (χ1) is 9.81. The first-order valence-electron chi connectivity index (χ1n) is 5.82. The second kappa shape index (κ2) is 6.10. The monoisotopic (exact) mass is 346 g/mol. The standard InChI is InChI=1S/C12H11ClN2O4S2/c1-8(9-5-3-2-4-6-9)14-21(18,19)11-7-10(15(16)17)12(13)20-11/h2-8,14H,1H3/t8-/m1/s1. The Labute approximate surface area is 130 Å². The van der Waals surface area contributed by atoms with Gasteiger partial charge in [0.15, 0.2) is 4.34 Å². The molecular weight excluding hydrogens is 336 g/mol. The predicted octanol–water partition coefficient (Wildman–Crippen LogP) is 3.35. The minimum atomic E-state index is -3.86. The van der Waals surface area contributed by atoms with Crippen LogP contribution in [0, 0.1) is 10.1 Å². The molecule has 2 rings (SSSR count). The van der Waals surface area contributed by atoms with Crippen molar-refractivity contribution in [2.24, 2.45) is 0 Å². The Morgan fingerprint density at radius 1 is 1.33 bits per heavy atom. The lowest BCUT2D eigenvalue weighted by atomic mass is 10.1. The largest absolute Gasteiger partial charge is 0.300 e. The number of hydrogen-bond donors (Lipinski definition) is 1. The van der Waals surface area contributed by atoms with Gasteiger partial charge >= 0.3 is 0 Å². The number of nitrogens with zero attached hydrogens (tertiary/aromatic N) is 1. The summed E-state index contributed by atoms with van der Waals surface area (Å²) >= 11 is 6.34. The predicted molar refractivity (Wildman–Crippen MR) is 81.2 cm³/mol. The van der Waals surface area contributed by atoms with Crippen LogP contribution in [-0.2, 0) is 10.0 Å². The van der Waals surface area contributed by atoms with Gasteiger partial charge in [0.25, 0.3) is 15.7 Å². The maximum atomic E-state index is 12.2. The molecule has 1 atom stereocenters. The Hall–Kier alpha value is -1.48. The molecule has 1 aromatic heterocycles. The summed E-state index contributed by atoms with van der Waals surface area (Å²) in [5.41, 5.74) is 0.382. The van der Waals surface area contributed by atoms with Crippen molar-refractivity contribution in [3.8, 4) is 0 Å². The topological polar surface area (TPSA) is 89.3 Å². The third-order valence-corrected chi connectivity index (χ3v) is 6.09. The minimum absolute atomic E-state index is 0.160. The van der Waals surface area contributed by atoms with Crippen molar-refractivity contribution >= 4 is 38.6 Å². The number of nitro groups is 1. The smallest absolute Gasteiger partial charge is 0.258 e. The SMILES string of the molecule is C[C@@H](NS(=O)(=O)c1cc([N+](=O)[O-])c(Cl)s1)c1ccccc1. The summed E-state index contributed by atoms with van der Waals surface area (Å²) in [6, 6.07) is 9.50. The normalized spacial score (nSPS) is 13.0. The lowest BCUT2D eigenvalue weighted by Crippen LogP contribution is -2.26. The molecule has 9 heteroatoms. The highest BCUT2D eigenvalue weighted by Crippen LogP contribution is 2.36. The van der Waals surface area contributed by atoms with Crippen molar-refractivity contribution in [1.29, 1.82) is 0 Å². The molecule has 1 heterocycles. The number of halogens is 1. The molecule has 0 radical (unpaired) electrons. The van der Waals surface area contributed by atoms with Crippen LogP contribution < -0.4 is 4.72 Å². The Kier molecular flexibility index (Phi) is 4.62. The van der Waals surface area contributed by atoms with E-state index in [1.165, 1.54) is 0 Å². The van der Waals surface area contributed by atoms with E-state index >= 15 is 0 Å². The summed E-state index contributed by atoms with van der Waals surface area (Å²) in [5.74, 6) is 0. The first kappa shape index (κ1) is 15.9. The minimum Gasteiger partial charge on any atom is -0.258 e. The fourth-order valence-corrected chi connectivity index (χ4v) is 4.61. The average Bonchev–Trinajstić information content (AvgIpc) is 2.82. The molecule has 1 N–H and O–H groups in total. The van der Waals surface area contributed by atoms with Crippen molar-refractivity contribution < 1.29 is 13.3 Å². The maximum absolute atomic E-state index is 12.2. The van der Waals surface area contributed by atoms with Crippen LogP contribution in [0.2, 0.25) is 4.34 Å². The van der Waals surface area contributed by atoms with Crippen molar-refractivity contribution in [2.45, 2.75) is 17.2 Å². The molecule has 21 heavy (non-hydrogen) atoms. The van der Waals surface area contributed by atoms with Crippen LogP contribution in [0.5, 0.6) is 0 Å².